The zero-order valence-electron chi connectivity index (χ0n) is 6.96. The van der Waals surface area contributed by atoms with Crippen molar-refractivity contribution in [2.45, 2.75) is 37.8 Å². The van der Waals surface area contributed by atoms with Crippen LogP contribution in [0.4, 0.5) is 0 Å². The Morgan fingerprint density at radius 1 is 1.64 bits per heavy atom. The van der Waals surface area contributed by atoms with Crippen molar-refractivity contribution in [3.05, 3.63) is 12.7 Å². The van der Waals surface area contributed by atoms with Gasteiger partial charge in [0.15, 0.2) is 0 Å². The molecule has 2 nitrogen and oxygen atoms in total. The van der Waals surface area contributed by atoms with Gasteiger partial charge in [-0.05, 0) is 25.7 Å². The van der Waals surface area contributed by atoms with Crippen LogP contribution in [0.15, 0.2) is 12.7 Å². The van der Waals surface area contributed by atoms with E-state index in [1.54, 1.807) is 6.08 Å². The third-order valence-electron chi connectivity index (χ3n) is 2.11. The lowest BCUT2D eigenvalue weighted by Crippen LogP contribution is -2.28. The number of hydrogen-bond acceptors (Lipinski definition) is 2. The van der Waals surface area contributed by atoms with Crippen molar-refractivity contribution in [3.8, 4) is 0 Å². The van der Waals surface area contributed by atoms with Gasteiger partial charge in [0.05, 0.1) is 6.10 Å². The van der Waals surface area contributed by atoms with E-state index in [1.807, 2.05) is 0 Å². The second kappa shape index (κ2) is 4.52. The van der Waals surface area contributed by atoms with Crippen molar-refractivity contribution in [2.75, 3.05) is 6.61 Å². The van der Waals surface area contributed by atoms with E-state index >= 15 is 0 Å². The van der Waals surface area contributed by atoms with E-state index in [1.165, 1.54) is 19.3 Å². The molecule has 0 saturated carbocycles. The van der Waals surface area contributed by atoms with E-state index in [-0.39, 0.29) is 6.04 Å². The summed E-state index contributed by atoms with van der Waals surface area (Å²) in [5, 5.41) is 0. The van der Waals surface area contributed by atoms with E-state index < -0.39 is 0 Å². The first kappa shape index (κ1) is 8.75. The average molecular weight is 155 g/mol. The van der Waals surface area contributed by atoms with Gasteiger partial charge in [-0.25, -0.2) is 0 Å². The maximum absolute atomic E-state index is 5.71. The van der Waals surface area contributed by atoms with Crippen LogP contribution in [-0.2, 0) is 4.74 Å². The fraction of sp³-hybridized carbons (Fsp3) is 0.778. The van der Waals surface area contributed by atoms with Crippen LogP contribution in [0.2, 0.25) is 0 Å². The Morgan fingerprint density at radius 2 is 2.45 bits per heavy atom. The molecule has 0 spiro atoms. The van der Waals surface area contributed by atoms with Crippen molar-refractivity contribution in [1.29, 1.82) is 0 Å². The minimum absolute atomic E-state index is 0.109. The molecule has 2 heteroatoms. The molecule has 2 unspecified atom stereocenters. The maximum Gasteiger partial charge on any atom is 0.0593 e. The highest BCUT2D eigenvalue weighted by molar-refractivity contribution is 4.85. The van der Waals surface area contributed by atoms with Crippen LogP contribution in [0.25, 0.3) is 0 Å². The Kier molecular flexibility index (Phi) is 3.60. The number of rotatable bonds is 3. The summed E-state index contributed by atoms with van der Waals surface area (Å²) < 4.78 is 5.52. The van der Waals surface area contributed by atoms with Crippen molar-refractivity contribution in [2.24, 2.45) is 5.73 Å². The van der Waals surface area contributed by atoms with E-state index in [0.29, 0.717) is 6.10 Å². The predicted octanol–water partition coefficient (Wildman–Crippen LogP) is 1.46. The molecule has 1 aliphatic heterocycles. The van der Waals surface area contributed by atoms with Crippen LogP contribution in [0, 0.1) is 0 Å². The monoisotopic (exact) mass is 155 g/mol. The van der Waals surface area contributed by atoms with Gasteiger partial charge in [-0.3, -0.25) is 0 Å². The largest absolute Gasteiger partial charge is 0.378 e. The Balaban J connectivity index is 2.18. The highest BCUT2D eigenvalue weighted by Crippen LogP contribution is 2.16. The standard InChI is InChI=1S/C9H17NO/c1-2-8(10)7-9-5-3-4-6-11-9/h2,8-9H,1,3-7,10H2. The molecule has 0 aromatic rings. The van der Waals surface area contributed by atoms with E-state index in [9.17, 15) is 0 Å². The zero-order chi connectivity index (χ0) is 8.10. The summed E-state index contributed by atoms with van der Waals surface area (Å²) in [5.74, 6) is 0. The Labute approximate surface area is 68.4 Å². The first-order chi connectivity index (χ1) is 5.33. The molecule has 11 heavy (non-hydrogen) atoms. The molecule has 1 heterocycles. The highest BCUT2D eigenvalue weighted by atomic mass is 16.5. The third kappa shape index (κ3) is 3.04. The van der Waals surface area contributed by atoms with Crippen molar-refractivity contribution in [1.82, 2.24) is 0 Å². The lowest BCUT2D eigenvalue weighted by molar-refractivity contribution is 0.00967. The van der Waals surface area contributed by atoms with Crippen molar-refractivity contribution >= 4 is 0 Å². The molecule has 0 aromatic heterocycles. The molecule has 64 valence electrons. The summed E-state index contributed by atoms with van der Waals surface area (Å²) >= 11 is 0. The van der Waals surface area contributed by atoms with Crippen LogP contribution >= 0.6 is 0 Å². The van der Waals surface area contributed by atoms with Crippen LogP contribution in [0.5, 0.6) is 0 Å². The fourth-order valence-electron chi connectivity index (χ4n) is 1.39. The molecule has 0 radical (unpaired) electrons. The molecular formula is C9H17NO. The van der Waals surface area contributed by atoms with Crippen molar-refractivity contribution in [3.63, 3.8) is 0 Å². The van der Waals surface area contributed by atoms with Gasteiger partial charge in [0.2, 0.25) is 0 Å². The fourth-order valence-corrected chi connectivity index (χ4v) is 1.39. The number of ether oxygens (including phenoxy) is 1. The molecular weight excluding hydrogens is 138 g/mol. The van der Waals surface area contributed by atoms with E-state index in [2.05, 4.69) is 6.58 Å². The molecule has 0 amide bonds. The Bertz CT molecular complexity index is 119. The smallest absolute Gasteiger partial charge is 0.0593 e. The van der Waals surface area contributed by atoms with Gasteiger partial charge in [-0.2, -0.15) is 0 Å². The van der Waals surface area contributed by atoms with Crippen molar-refractivity contribution < 1.29 is 4.74 Å². The zero-order valence-corrected chi connectivity index (χ0v) is 6.96. The SMILES string of the molecule is C=CC(N)CC1CCCCO1. The molecule has 1 aliphatic rings. The summed E-state index contributed by atoms with van der Waals surface area (Å²) in [6.07, 6.45) is 6.77. The quantitative estimate of drug-likeness (QED) is 0.626. The lowest BCUT2D eigenvalue weighted by Gasteiger charge is -2.23. The first-order valence-corrected chi connectivity index (χ1v) is 4.32. The number of nitrogens with two attached hydrogens (primary N) is 1. The molecule has 0 aliphatic carbocycles. The normalized spacial score (nSPS) is 27.9. The summed E-state index contributed by atoms with van der Waals surface area (Å²) in [6, 6.07) is 0.109. The van der Waals surface area contributed by atoms with Gasteiger partial charge in [0.25, 0.3) is 0 Å². The third-order valence-corrected chi connectivity index (χ3v) is 2.11. The average Bonchev–Trinajstić information content (AvgIpc) is 2.06. The maximum atomic E-state index is 5.71. The van der Waals surface area contributed by atoms with Gasteiger partial charge in [0, 0.05) is 12.6 Å². The second-order valence-corrected chi connectivity index (χ2v) is 3.12. The highest BCUT2D eigenvalue weighted by Gasteiger charge is 2.15. The van der Waals surface area contributed by atoms with E-state index in [4.69, 9.17) is 10.5 Å². The van der Waals surface area contributed by atoms with Gasteiger partial charge in [-0.15, -0.1) is 6.58 Å². The van der Waals surface area contributed by atoms with Gasteiger partial charge in [-0.1, -0.05) is 6.08 Å². The predicted molar refractivity (Wildman–Crippen MR) is 46.4 cm³/mol. The van der Waals surface area contributed by atoms with Crippen LogP contribution in [0.1, 0.15) is 25.7 Å². The Morgan fingerprint density at radius 3 is 3.00 bits per heavy atom. The molecule has 1 saturated heterocycles. The summed E-state index contributed by atoms with van der Waals surface area (Å²) in [4.78, 5) is 0. The van der Waals surface area contributed by atoms with Gasteiger partial charge >= 0.3 is 0 Å². The Hall–Kier alpha value is -0.340. The molecule has 0 aromatic carbocycles. The minimum atomic E-state index is 0.109. The van der Waals surface area contributed by atoms with Gasteiger partial charge in [0.1, 0.15) is 0 Å². The molecule has 2 N–H and O–H groups in total. The summed E-state index contributed by atoms with van der Waals surface area (Å²) in [7, 11) is 0. The van der Waals surface area contributed by atoms with Crippen LogP contribution < -0.4 is 5.73 Å². The summed E-state index contributed by atoms with van der Waals surface area (Å²) in [6.45, 7) is 4.56. The molecule has 1 fully saturated rings. The second-order valence-electron chi connectivity index (χ2n) is 3.12. The summed E-state index contributed by atoms with van der Waals surface area (Å²) in [5.41, 5.74) is 5.71. The van der Waals surface area contributed by atoms with E-state index in [0.717, 1.165) is 13.0 Å². The van der Waals surface area contributed by atoms with Gasteiger partial charge < -0.3 is 10.5 Å². The lowest BCUT2D eigenvalue weighted by atomic mass is 10.0. The molecule has 0 bridgehead atoms. The van der Waals surface area contributed by atoms with Crippen LogP contribution in [0.3, 0.4) is 0 Å². The van der Waals surface area contributed by atoms with Crippen LogP contribution in [-0.4, -0.2) is 18.8 Å². The molecule has 1 rings (SSSR count). The minimum Gasteiger partial charge on any atom is -0.378 e. The first-order valence-electron chi connectivity index (χ1n) is 4.32. The topological polar surface area (TPSA) is 35.2 Å². The number of hydrogen-bond donors (Lipinski definition) is 1. The molecule has 2 atom stereocenters.